The molecule has 0 amide bonds. The summed E-state index contributed by atoms with van der Waals surface area (Å²) >= 11 is 0. The van der Waals surface area contributed by atoms with Gasteiger partial charge in [-0.15, -0.1) is 0 Å². The molecule has 0 saturated heterocycles. The van der Waals surface area contributed by atoms with Crippen LogP contribution in [0.2, 0.25) is 0 Å². The van der Waals surface area contributed by atoms with Gasteiger partial charge in [0.25, 0.3) is 0 Å². The molecule has 0 fully saturated rings. The maximum atomic E-state index is 14.4. The molecule has 0 aromatic heterocycles. The number of methoxy groups -OCH3 is 1. The van der Waals surface area contributed by atoms with Crippen molar-refractivity contribution in [2.24, 2.45) is 5.41 Å². The molecule has 124 valence electrons. The Balaban J connectivity index is 2.57. The SMILES string of the molecule is CCC(C)(C)Cc1cc(CO)ccc1-c1cc(OC)ccc1F. The van der Waals surface area contributed by atoms with Crippen molar-refractivity contribution < 1.29 is 14.2 Å². The number of halogens is 1. The molecule has 2 rings (SSSR count). The summed E-state index contributed by atoms with van der Waals surface area (Å²) in [5.74, 6) is 0.367. The van der Waals surface area contributed by atoms with E-state index in [-0.39, 0.29) is 17.8 Å². The fourth-order valence-electron chi connectivity index (χ4n) is 2.63. The van der Waals surface area contributed by atoms with Crippen molar-refractivity contribution in [1.29, 1.82) is 0 Å². The topological polar surface area (TPSA) is 29.5 Å². The van der Waals surface area contributed by atoms with Crippen LogP contribution >= 0.6 is 0 Å². The highest BCUT2D eigenvalue weighted by Crippen LogP contribution is 2.35. The molecule has 0 spiro atoms. The van der Waals surface area contributed by atoms with Gasteiger partial charge in [0.15, 0.2) is 0 Å². The molecule has 0 unspecified atom stereocenters. The van der Waals surface area contributed by atoms with Gasteiger partial charge in [-0.1, -0.05) is 45.4 Å². The number of hydrogen-bond donors (Lipinski definition) is 1. The Morgan fingerprint density at radius 1 is 1.09 bits per heavy atom. The minimum Gasteiger partial charge on any atom is -0.497 e. The first kappa shape index (κ1) is 17.5. The van der Waals surface area contributed by atoms with Crippen LogP contribution in [0.1, 0.15) is 38.3 Å². The van der Waals surface area contributed by atoms with Gasteiger partial charge in [0.1, 0.15) is 11.6 Å². The standard InChI is InChI=1S/C20H25FO2/c1-5-20(2,3)12-15-10-14(13-22)6-8-17(15)18-11-16(23-4)7-9-19(18)21/h6-11,22H,5,12-13H2,1-4H3. The fraction of sp³-hybridized carbons (Fsp3) is 0.400. The van der Waals surface area contributed by atoms with Crippen molar-refractivity contribution in [2.75, 3.05) is 7.11 Å². The molecule has 1 N–H and O–H groups in total. The van der Waals surface area contributed by atoms with Gasteiger partial charge in [-0.25, -0.2) is 4.39 Å². The summed E-state index contributed by atoms with van der Waals surface area (Å²) in [6.07, 6.45) is 1.85. The Bertz CT molecular complexity index is 677. The lowest BCUT2D eigenvalue weighted by molar-refractivity contribution is 0.281. The maximum absolute atomic E-state index is 14.4. The number of aliphatic hydroxyl groups excluding tert-OH is 1. The van der Waals surface area contributed by atoms with Crippen molar-refractivity contribution in [3.05, 3.63) is 53.3 Å². The molecular formula is C20H25FO2. The zero-order valence-corrected chi connectivity index (χ0v) is 14.3. The van der Waals surface area contributed by atoms with E-state index in [1.54, 1.807) is 19.2 Å². The zero-order chi connectivity index (χ0) is 17.0. The summed E-state index contributed by atoms with van der Waals surface area (Å²) in [5.41, 5.74) is 3.41. The van der Waals surface area contributed by atoms with Gasteiger partial charge in [0.05, 0.1) is 13.7 Å². The van der Waals surface area contributed by atoms with Crippen LogP contribution in [0.15, 0.2) is 36.4 Å². The minimum absolute atomic E-state index is 0.0135. The van der Waals surface area contributed by atoms with Gasteiger partial charge in [-0.05, 0) is 46.7 Å². The van der Waals surface area contributed by atoms with E-state index in [9.17, 15) is 9.50 Å². The first-order valence-electron chi connectivity index (χ1n) is 7.96. The third kappa shape index (κ3) is 4.11. The van der Waals surface area contributed by atoms with Crippen LogP contribution in [0.3, 0.4) is 0 Å². The van der Waals surface area contributed by atoms with Crippen molar-refractivity contribution >= 4 is 0 Å². The molecule has 0 bridgehead atoms. The second-order valence-corrected chi connectivity index (χ2v) is 6.69. The predicted molar refractivity (Wildman–Crippen MR) is 92.1 cm³/mol. The van der Waals surface area contributed by atoms with Crippen molar-refractivity contribution in [3.63, 3.8) is 0 Å². The van der Waals surface area contributed by atoms with Gasteiger partial charge in [-0.3, -0.25) is 0 Å². The number of rotatable bonds is 6. The monoisotopic (exact) mass is 316 g/mol. The molecule has 2 aromatic rings. The highest BCUT2D eigenvalue weighted by Gasteiger charge is 2.20. The number of aliphatic hydroxyl groups is 1. The number of benzene rings is 2. The Hall–Kier alpha value is -1.87. The van der Waals surface area contributed by atoms with E-state index in [4.69, 9.17) is 4.74 Å². The molecule has 23 heavy (non-hydrogen) atoms. The normalized spacial score (nSPS) is 11.6. The summed E-state index contributed by atoms with van der Waals surface area (Å²) in [6, 6.07) is 10.5. The van der Waals surface area contributed by atoms with Crippen molar-refractivity contribution in [1.82, 2.24) is 0 Å². The smallest absolute Gasteiger partial charge is 0.131 e. The number of ether oxygens (including phenoxy) is 1. The molecule has 0 atom stereocenters. The van der Waals surface area contributed by atoms with E-state index >= 15 is 0 Å². The third-order valence-electron chi connectivity index (χ3n) is 4.44. The third-order valence-corrected chi connectivity index (χ3v) is 4.44. The fourth-order valence-corrected chi connectivity index (χ4v) is 2.63. The molecule has 2 aromatic carbocycles. The molecule has 3 heteroatoms. The van der Waals surface area contributed by atoms with E-state index < -0.39 is 0 Å². The highest BCUT2D eigenvalue weighted by atomic mass is 19.1. The molecular weight excluding hydrogens is 291 g/mol. The van der Waals surface area contributed by atoms with E-state index in [1.165, 1.54) is 6.07 Å². The second kappa shape index (κ2) is 7.14. The second-order valence-electron chi connectivity index (χ2n) is 6.69. The van der Waals surface area contributed by atoms with Gasteiger partial charge in [0, 0.05) is 5.56 Å². The molecule has 0 aliphatic carbocycles. The van der Waals surface area contributed by atoms with Crippen LogP contribution in [0.5, 0.6) is 5.75 Å². The molecule has 0 aliphatic rings. The quantitative estimate of drug-likeness (QED) is 0.815. The average molecular weight is 316 g/mol. The van der Waals surface area contributed by atoms with Gasteiger partial charge < -0.3 is 9.84 Å². The maximum Gasteiger partial charge on any atom is 0.131 e. The summed E-state index contributed by atoms with van der Waals surface area (Å²) in [5, 5.41) is 9.42. The lowest BCUT2D eigenvalue weighted by Crippen LogP contribution is -2.14. The molecule has 0 radical (unpaired) electrons. The minimum atomic E-state index is -0.266. The lowest BCUT2D eigenvalue weighted by atomic mass is 9.80. The van der Waals surface area contributed by atoms with Gasteiger partial charge >= 0.3 is 0 Å². The predicted octanol–water partition coefficient (Wildman–Crippen LogP) is 4.97. The largest absolute Gasteiger partial charge is 0.497 e. The van der Waals surface area contributed by atoms with Crippen LogP contribution in [-0.4, -0.2) is 12.2 Å². The first-order valence-corrected chi connectivity index (χ1v) is 7.96. The summed E-state index contributed by atoms with van der Waals surface area (Å²) in [7, 11) is 1.58. The van der Waals surface area contributed by atoms with Crippen LogP contribution in [0, 0.1) is 11.2 Å². The summed E-state index contributed by atoms with van der Waals surface area (Å²) in [4.78, 5) is 0. The molecule has 0 aliphatic heterocycles. The Kier molecular flexibility index (Phi) is 5.42. The average Bonchev–Trinajstić information content (AvgIpc) is 2.55. The van der Waals surface area contributed by atoms with E-state index in [1.807, 2.05) is 18.2 Å². The lowest BCUT2D eigenvalue weighted by Gasteiger charge is -2.25. The first-order chi connectivity index (χ1) is 10.9. The van der Waals surface area contributed by atoms with Gasteiger partial charge in [0.2, 0.25) is 0 Å². The van der Waals surface area contributed by atoms with Crippen LogP contribution in [0.25, 0.3) is 11.1 Å². The number of hydrogen-bond acceptors (Lipinski definition) is 2. The van der Waals surface area contributed by atoms with Crippen molar-refractivity contribution in [2.45, 2.75) is 40.2 Å². The summed E-state index contributed by atoms with van der Waals surface area (Å²) in [6.45, 7) is 6.54. The summed E-state index contributed by atoms with van der Waals surface area (Å²) < 4.78 is 19.6. The Morgan fingerprint density at radius 2 is 1.83 bits per heavy atom. The van der Waals surface area contributed by atoms with Crippen LogP contribution < -0.4 is 4.74 Å². The molecule has 0 saturated carbocycles. The van der Waals surface area contributed by atoms with E-state index in [0.717, 1.165) is 29.5 Å². The Labute approximate surface area is 137 Å². The van der Waals surface area contributed by atoms with E-state index in [2.05, 4.69) is 20.8 Å². The van der Waals surface area contributed by atoms with Crippen LogP contribution in [0.4, 0.5) is 4.39 Å². The van der Waals surface area contributed by atoms with Crippen LogP contribution in [-0.2, 0) is 13.0 Å². The molecule has 2 nitrogen and oxygen atoms in total. The molecule has 0 heterocycles. The van der Waals surface area contributed by atoms with E-state index in [0.29, 0.717) is 11.3 Å². The highest BCUT2D eigenvalue weighted by molar-refractivity contribution is 5.70. The zero-order valence-electron chi connectivity index (χ0n) is 14.3. The van der Waals surface area contributed by atoms with Crippen molar-refractivity contribution in [3.8, 4) is 16.9 Å². The van der Waals surface area contributed by atoms with Gasteiger partial charge in [-0.2, -0.15) is 0 Å². The Morgan fingerprint density at radius 3 is 2.43 bits per heavy atom.